The molecule has 0 saturated heterocycles. The van der Waals surface area contributed by atoms with Gasteiger partial charge < -0.3 is 14.8 Å². The van der Waals surface area contributed by atoms with Crippen LogP contribution in [0.3, 0.4) is 0 Å². The van der Waals surface area contributed by atoms with E-state index in [1.807, 2.05) is 56.3 Å². The number of aromatic nitrogens is 2. The molecule has 1 atom stereocenters. The molecule has 4 rings (SSSR count). The molecule has 0 saturated carbocycles. The lowest BCUT2D eigenvalue weighted by atomic mass is 9.94. The Balaban J connectivity index is 1.70. The number of carboxylic acids is 1. The molecule has 0 fully saturated rings. The topological polar surface area (TPSA) is 128 Å². The number of H-pyrrole nitrogens is 1. The van der Waals surface area contributed by atoms with Crippen LogP contribution in [-0.2, 0) is 11.2 Å². The van der Waals surface area contributed by atoms with E-state index < -0.39 is 11.9 Å². The van der Waals surface area contributed by atoms with Gasteiger partial charge in [0.25, 0.3) is 5.56 Å². The van der Waals surface area contributed by atoms with Crippen molar-refractivity contribution in [1.29, 1.82) is 0 Å². The second kappa shape index (κ2) is 9.11. The van der Waals surface area contributed by atoms with Crippen molar-refractivity contribution in [2.45, 2.75) is 26.7 Å². The highest BCUT2D eigenvalue weighted by Crippen LogP contribution is 2.34. The fourth-order valence-corrected chi connectivity index (χ4v) is 3.70. The van der Waals surface area contributed by atoms with E-state index in [0.717, 1.165) is 16.7 Å². The summed E-state index contributed by atoms with van der Waals surface area (Å²) in [4.78, 5) is 31.0. The molecule has 0 bridgehead atoms. The molecule has 1 aliphatic heterocycles. The molecule has 9 nitrogen and oxygen atoms in total. The van der Waals surface area contributed by atoms with Gasteiger partial charge in [0.15, 0.2) is 11.5 Å². The van der Waals surface area contributed by atoms with E-state index in [1.165, 1.54) is 0 Å². The second-order valence-electron chi connectivity index (χ2n) is 7.51. The van der Waals surface area contributed by atoms with Crippen LogP contribution in [-0.4, -0.2) is 27.7 Å². The number of nitrogens with one attached hydrogen (secondary N) is 4. The van der Waals surface area contributed by atoms with Crippen LogP contribution in [0.15, 0.2) is 47.3 Å². The Labute approximate surface area is 184 Å². The van der Waals surface area contributed by atoms with Crippen molar-refractivity contribution in [3.8, 4) is 28.3 Å². The number of ether oxygens (including phenoxy) is 1. The van der Waals surface area contributed by atoms with Crippen LogP contribution >= 0.6 is 0 Å². The molecule has 3 aromatic rings. The number of nitrogens with zero attached hydrogens (tertiary/aromatic N) is 1. The molecule has 0 amide bonds. The van der Waals surface area contributed by atoms with Gasteiger partial charge in [0.1, 0.15) is 11.6 Å². The maximum Gasteiger partial charge on any atom is 0.306 e. The average Bonchev–Trinajstić information content (AvgIpc) is 3.27. The molecule has 1 aliphatic rings. The van der Waals surface area contributed by atoms with Crippen molar-refractivity contribution in [2.24, 2.45) is 5.92 Å². The van der Waals surface area contributed by atoms with Gasteiger partial charge in [-0.3, -0.25) is 20.4 Å². The van der Waals surface area contributed by atoms with Gasteiger partial charge in [-0.25, -0.2) is 4.98 Å². The van der Waals surface area contributed by atoms with Crippen LogP contribution in [0.4, 0.5) is 11.5 Å². The minimum atomic E-state index is -0.781. The summed E-state index contributed by atoms with van der Waals surface area (Å²) in [5, 5.41) is 9.37. The molecular weight excluding hydrogens is 410 g/mol. The van der Waals surface area contributed by atoms with E-state index in [4.69, 9.17) is 4.74 Å². The first-order valence-corrected chi connectivity index (χ1v) is 10.5. The van der Waals surface area contributed by atoms with Gasteiger partial charge in [0, 0.05) is 0 Å². The number of aliphatic carboxylic acids is 1. The first kappa shape index (κ1) is 21.4. The summed E-state index contributed by atoms with van der Waals surface area (Å²) < 4.78 is 5.87. The molecule has 32 heavy (non-hydrogen) atoms. The third kappa shape index (κ3) is 4.28. The highest BCUT2D eigenvalue weighted by Gasteiger charge is 2.19. The van der Waals surface area contributed by atoms with Gasteiger partial charge in [-0.05, 0) is 48.6 Å². The lowest BCUT2D eigenvalue weighted by Crippen LogP contribution is -2.21. The number of fused-ring (bicyclic) bond motifs is 1. The standard InChI is InChI=1S/C23H25N5O4/c1-3-14(23(30)31)10-13-6-5-7-15(11-13)16-8-9-17(18(12-16)32-4-2)20-24-21-19(22(29)25-20)26-28-27-21/h5-9,11-12,14,26,28H,3-4,10H2,1-2H3,(H,30,31)(H2,24,25,27,29). The molecule has 0 aliphatic carbocycles. The van der Waals surface area contributed by atoms with Crippen molar-refractivity contribution >= 4 is 17.5 Å². The lowest BCUT2D eigenvalue weighted by Gasteiger charge is -2.14. The Morgan fingerprint density at radius 2 is 1.94 bits per heavy atom. The number of rotatable bonds is 8. The molecular formula is C23H25N5O4. The largest absolute Gasteiger partial charge is 0.493 e. The number of hydrogen-bond donors (Lipinski definition) is 5. The summed E-state index contributed by atoms with van der Waals surface area (Å²) in [6.07, 6.45) is 1.06. The van der Waals surface area contributed by atoms with Crippen LogP contribution in [0.5, 0.6) is 5.75 Å². The van der Waals surface area contributed by atoms with Crippen LogP contribution in [0.2, 0.25) is 0 Å². The predicted octanol–water partition coefficient (Wildman–Crippen LogP) is 3.41. The van der Waals surface area contributed by atoms with Crippen LogP contribution in [0.1, 0.15) is 25.8 Å². The number of aromatic amines is 1. The van der Waals surface area contributed by atoms with Crippen molar-refractivity contribution < 1.29 is 14.6 Å². The zero-order valence-electron chi connectivity index (χ0n) is 17.9. The van der Waals surface area contributed by atoms with Crippen LogP contribution in [0.25, 0.3) is 22.5 Å². The monoisotopic (exact) mass is 435 g/mol. The van der Waals surface area contributed by atoms with Gasteiger partial charge in [0.05, 0.1) is 18.1 Å². The fourth-order valence-electron chi connectivity index (χ4n) is 3.70. The van der Waals surface area contributed by atoms with Gasteiger partial charge in [-0.2, -0.15) is 0 Å². The van der Waals surface area contributed by atoms with E-state index in [1.54, 1.807) is 0 Å². The fraction of sp³-hybridized carbons (Fsp3) is 0.261. The van der Waals surface area contributed by atoms with Crippen molar-refractivity contribution in [3.63, 3.8) is 0 Å². The number of anilines is 2. The third-order valence-electron chi connectivity index (χ3n) is 5.41. The average molecular weight is 435 g/mol. The molecule has 0 radical (unpaired) electrons. The maximum absolute atomic E-state index is 12.3. The van der Waals surface area contributed by atoms with Gasteiger partial charge in [0.2, 0.25) is 0 Å². The van der Waals surface area contributed by atoms with Crippen LogP contribution < -0.4 is 26.7 Å². The maximum atomic E-state index is 12.3. The summed E-state index contributed by atoms with van der Waals surface area (Å²) in [6.45, 7) is 4.22. The molecule has 1 aromatic heterocycles. The van der Waals surface area contributed by atoms with Gasteiger partial charge >= 0.3 is 5.97 Å². The summed E-state index contributed by atoms with van der Waals surface area (Å²) in [6, 6.07) is 13.6. The molecule has 9 heteroatoms. The SMILES string of the molecule is CCOc1cc(-c2cccc(CC(CC)C(=O)O)c2)ccc1-c1nc2c(c(=O)[nH]1)NNN2. The summed E-state index contributed by atoms with van der Waals surface area (Å²) in [5.74, 6) is 0.201. The summed E-state index contributed by atoms with van der Waals surface area (Å²) in [5.41, 5.74) is 11.7. The Morgan fingerprint density at radius 1 is 1.12 bits per heavy atom. The molecule has 1 unspecified atom stereocenters. The molecule has 2 aromatic carbocycles. The highest BCUT2D eigenvalue weighted by molar-refractivity contribution is 5.76. The van der Waals surface area contributed by atoms with Gasteiger partial charge in [-0.1, -0.05) is 37.3 Å². The number of carboxylic acid groups (broad SMARTS) is 1. The van der Waals surface area contributed by atoms with E-state index in [-0.39, 0.29) is 5.56 Å². The zero-order chi connectivity index (χ0) is 22.7. The zero-order valence-corrected chi connectivity index (χ0v) is 17.9. The Bertz CT molecular complexity index is 1210. The first-order valence-electron chi connectivity index (χ1n) is 10.5. The number of hydrogen-bond acceptors (Lipinski definition) is 7. The minimum Gasteiger partial charge on any atom is -0.493 e. The smallest absolute Gasteiger partial charge is 0.306 e. The molecule has 166 valence electrons. The quantitative estimate of drug-likeness (QED) is 0.364. The second-order valence-corrected chi connectivity index (χ2v) is 7.51. The van der Waals surface area contributed by atoms with Crippen molar-refractivity contribution in [3.05, 3.63) is 58.4 Å². The number of hydrazine groups is 2. The third-order valence-corrected chi connectivity index (χ3v) is 5.41. The van der Waals surface area contributed by atoms with E-state index in [0.29, 0.717) is 48.1 Å². The number of benzene rings is 2. The van der Waals surface area contributed by atoms with Crippen molar-refractivity contribution in [1.82, 2.24) is 15.5 Å². The first-order chi connectivity index (χ1) is 15.5. The molecule has 2 heterocycles. The highest BCUT2D eigenvalue weighted by atomic mass is 16.5. The summed E-state index contributed by atoms with van der Waals surface area (Å²) >= 11 is 0. The molecule has 0 spiro atoms. The van der Waals surface area contributed by atoms with Crippen LogP contribution in [0, 0.1) is 5.92 Å². The Hall–Kier alpha value is -3.85. The normalized spacial score (nSPS) is 13.1. The summed E-state index contributed by atoms with van der Waals surface area (Å²) in [7, 11) is 0. The lowest BCUT2D eigenvalue weighted by molar-refractivity contribution is -0.141. The van der Waals surface area contributed by atoms with E-state index in [2.05, 4.69) is 26.4 Å². The minimum absolute atomic E-state index is 0.300. The Kier molecular flexibility index (Phi) is 6.09. The number of carbonyl (C=O) groups is 1. The Morgan fingerprint density at radius 3 is 2.69 bits per heavy atom. The predicted molar refractivity (Wildman–Crippen MR) is 122 cm³/mol. The van der Waals surface area contributed by atoms with Gasteiger partial charge in [-0.15, -0.1) is 5.53 Å². The molecule has 5 N–H and O–H groups in total. The van der Waals surface area contributed by atoms with E-state index >= 15 is 0 Å². The van der Waals surface area contributed by atoms with Crippen molar-refractivity contribution in [2.75, 3.05) is 17.5 Å². The van der Waals surface area contributed by atoms with E-state index in [9.17, 15) is 14.7 Å².